The highest BCUT2D eigenvalue weighted by atomic mass is 32.2. The number of benzene rings is 1. The van der Waals surface area contributed by atoms with Gasteiger partial charge in [-0.05, 0) is 38.9 Å². The molecule has 0 saturated heterocycles. The van der Waals surface area contributed by atoms with Crippen LogP contribution in [0.5, 0.6) is 5.75 Å². The van der Waals surface area contributed by atoms with Gasteiger partial charge in [0.2, 0.25) is 15.9 Å². The van der Waals surface area contributed by atoms with Crippen molar-refractivity contribution >= 4 is 39.1 Å². The molecule has 0 heterocycles. The van der Waals surface area contributed by atoms with Crippen LogP contribution in [0.15, 0.2) is 6.07 Å². The van der Waals surface area contributed by atoms with Crippen molar-refractivity contribution in [1.82, 2.24) is 9.21 Å². The molecule has 206 valence electrons. The van der Waals surface area contributed by atoms with Crippen LogP contribution in [-0.2, 0) is 42.2 Å². The van der Waals surface area contributed by atoms with Crippen LogP contribution < -0.4 is 5.73 Å². The lowest BCUT2D eigenvalue weighted by atomic mass is 9.52. The molecule has 0 aromatic heterocycles. The number of likely N-dealkylation sites (N-methyl/N-ethyl adjacent to an activating group) is 1. The first-order chi connectivity index (χ1) is 17.4. The van der Waals surface area contributed by atoms with E-state index in [9.17, 15) is 42.6 Å². The third kappa shape index (κ3) is 3.89. The van der Waals surface area contributed by atoms with Gasteiger partial charge in [-0.3, -0.25) is 28.9 Å². The minimum atomic E-state index is -3.70. The average Bonchev–Trinajstić information content (AvgIpc) is 2.78. The predicted molar refractivity (Wildman–Crippen MR) is 128 cm³/mol. The molecule has 2 unspecified atom stereocenters. The monoisotopic (exact) mass is 553 g/mol. The summed E-state index contributed by atoms with van der Waals surface area (Å²) in [6, 6.07) is -0.376. The molecule has 12 nitrogen and oxygen atoms in total. The van der Waals surface area contributed by atoms with Gasteiger partial charge in [-0.15, -0.1) is 0 Å². The molecule has 0 spiro atoms. The fraction of sp³-hybridized carbons (Fsp3) is 0.542. The summed E-state index contributed by atoms with van der Waals surface area (Å²) in [5.74, 6) is -13.5. The van der Waals surface area contributed by atoms with Crippen LogP contribution in [0.2, 0.25) is 0 Å². The van der Waals surface area contributed by atoms with Gasteiger partial charge in [0, 0.05) is 30.6 Å². The molecule has 2 saturated carbocycles. The van der Waals surface area contributed by atoms with Crippen LogP contribution in [0, 0.1) is 29.5 Å². The molecule has 4 N–H and O–H groups in total. The number of aliphatic hydroxyl groups is 1. The van der Waals surface area contributed by atoms with Crippen molar-refractivity contribution in [2.24, 2.45) is 29.4 Å². The zero-order valence-corrected chi connectivity index (χ0v) is 21.9. The number of carbonyl (C=O) groups excluding carboxylic acids is 5. The van der Waals surface area contributed by atoms with E-state index < -0.39 is 98.1 Å². The van der Waals surface area contributed by atoms with E-state index in [1.807, 2.05) is 0 Å². The zero-order chi connectivity index (χ0) is 28.6. The minimum absolute atomic E-state index is 0.197. The molecule has 1 aromatic rings. The second-order valence-electron chi connectivity index (χ2n) is 10.5. The van der Waals surface area contributed by atoms with E-state index in [4.69, 9.17) is 5.73 Å². The van der Waals surface area contributed by atoms with Gasteiger partial charge in [0.25, 0.3) is 0 Å². The predicted octanol–water partition coefficient (Wildman–Crippen LogP) is -1.60. The normalized spacial score (nSPS) is 31.3. The first-order valence-electron chi connectivity index (χ1n) is 11.7. The molecule has 0 aliphatic heterocycles. The average molecular weight is 554 g/mol. The van der Waals surface area contributed by atoms with E-state index >= 15 is 4.39 Å². The number of nitrogens with zero attached hydrogens (tertiary/aromatic N) is 2. The number of Topliss-reactive ketones (excluding diaryl/α,β-unsaturated/α-hetero) is 4. The highest BCUT2D eigenvalue weighted by Gasteiger charge is 2.69. The van der Waals surface area contributed by atoms with Crippen molar-refractivity contribution in [1.29, 1.82) is 0 Å². The van der Waals surface area contributed by atoms with Crippen LogP contribution >= 0.6 is 0 Å². The molecule has 0 bridgehead atoms. The lowest BCUT2D eigenvalue weighted by molar-refractivity contribution is -0.181. The molecule has 2 fully saturated rings. The Morgan fingerprint density at radius 1 is 1.18 bits per heavy atom. The topological polar surface area (TPSA) is 192 Å². The summed E-state index contributed by atoms with van der Waals surface area (Å²) in [4.78, 5) is 66.8. The molecule has 3 aliphatic rings. The van der Waals surface area contributed by atoms with Crippen LogP contribution in [0.3, 0.4) is 0 Å². The smallest absolute Gasteiger partial charge is 0.235 e. The third-order valence-electron chi connectivity index (χ3n) is 8.03. The van der Waals surface area contributed by atoms with E-state index in [2.05, 4.69) is 0 Å². The van der Waals surface area contributed by atoms with Gasteiger partial charge in [-0.2, -0.15) is 0 Å². The van der Waals surface area contributed by atoms with Crippen molar-refractivity contribution in [3.8, 4) is 5.75 Å². The molecule has 3 aliphatic carbocycles. The van der Waals surface area contributed by atoms with Gasteiger partial charge >= 0.3 is 0 Å². The Bertz CT molecular complexity index is 1410. The molecule has 1 amide bonds. The summed E-state index contributed by atoms with van der Waals surface area (Å²) in [5, 5.41) is 22.1. The van der Waals surface area contributed by atoms with Crippen molar-refractivity contribution < 1.29 is 47.0 Å². The number of ketones is 4. The number of aromatic hydroxyl groups is 1. The van der Waals surface area contributed by atoms with E-state index in [0.717, 1.165) is 16.6 Å². The Labute approximate surface area is 217 Å². The molecular formula is C24H28FN3O9S. The maximum Gasteiger partial charge on any atom is 0.235 e. The number of sulfonamides is 1. The number of primary amides is 1. The number of hydrogen-bond acceptors (Lipinski definition) is 10. The largest absolute Gasteiger partial charge is 0.507 e. The lowest BCUT2D eigenvalue weighted by Gasteiger charge is -2.52. The SMILES string of the molecule is CN(C)[C@@H]1C(=O)C(C(N)=O)C(=O)[C@@]2(O)C(=O)C3C(=O)c4c(O)cc(CN(C)S(C)(=O)=O)c(F)c4C[C@H]3C[C@@H]12. The van der Waals surface area contributed by atoms with Crippen LogP contribution in [-0.4, -0.2) is 95.9 Å². The van der Waals surface area contributed by atoms with Crippen molar-refractivity contribution in [2.75, 3.05) is 27.4 Å². The summed E-state index contributed by atoms with van der Waals surface area (Å²) >= 11 is 0. The van der Waals surface area contributed by atoms with Crippen LogP contribution in [0.25, 0.3) is 0 Å². The van der Waals surface area contributed by atoms with Crippen LogP contribution in [0.1, 0.15) is 27.9 Å². The van der Waals surface area contributed by atoms with E-state index in [-0.39, 0.29) is 24.0 Å². The fourth-order valence-corrected chi connectivity index (χ4v) is 6.55. The van der Waals surface area contributed by atoms with Crippen LogP contribution in [0.4, 0.5) is 4.39 Å². The maximum absolute atomic E-state index is 15.6. The molecular weight excluding hydrogens is 525 g/mol. The molecule has 1 aromatic carbocycles. The summed E-state index contributed by atoms with van der Waals surface area (Å²) in [7, 11) is 0.424. The quantitative estimate of drug-likeness (QED) is 0.358. The Morgan fingerprint density at radius 2 is 1.79 bits per heavy atom. The summed E-state index contributed by atoms with van der Waals surface area (Å²) in [6.45, 7) is -0.435. The molecule has 14 heteroatoms. The number of rotatable bonds is 5. The number of nitrogens with two attached hydrogens (primary N) is 1. The van der Waals surface area contributed by atoms with Gasteiger partial charge in [0.15, 0.2) is 34.7 Å². The number of fused-ring (bicyclic) bond motifs is 3. The number of halogens is 1. The fourth-order valence-electron chi connectivity index (χ4n) is 6.18. The molecule has 4 rings (SSSR count). The maximum atomic E-state index is 15.6. The summed E-state index contributed by atoms with van der Waals surface area (Å²) < 4.78 is 40.1. The van der Waals surface area contributed by atoms with E-state index in [0.29, 0.717) is 0 Å². The Balaban J connectivity index is 1.83. The first kappa shape index (κ1) is 28.0. The zero-order valence-electron chi connectivity index (χ0n) is 21.1. The lowest BCUT2D eigenvalue weighted by Crippen LogP contribution is -2.74. The van der Waals surface area contributed by atoms with Crippen molar-refractivity contribution in [2.45, 2.75) is 31.0 Å². The second kappa shape index (κ2) is 9.00. The Morgan fingerprint density at radius 3 is 2.32 bits per heavy atom. The van der Waals surface area contributed by atoms with Gasteiger partial charge in [-0.25, -0.2) is 17.1 Å². The van der Waals surface area contributed by atoms with E-state index in [1.54, 1.807) is 0 Å². The van der Waals surface area contributed by atoms with Gasteiger partial charge in [0.1, 0.15) is 11.6 Å². The molecule has 6 atom stereocenters. The number of carbonyl (C=O) groups is 5. The highest BCUT2D eigenvalue weighted by molar-refractivity contribution is 7.88. The summed E-state index contributed by atoms with van der Waals surface area (Å²) in [6.07, 6.45) is 0.433. The van der Waals surface area contributed by atoms with Crippen molar-refractivity contribution in [3.05, 3.63) is 28.6 Å². The van der Waals surface area contributed by atoms with Gasteiger partial charge < -0.3 is 15.9 Å². The van der Waals surface area contributed by atoms with Gasteiger partial charge in [-0.1, -0.05) is 0 Å². The highest BCUT2D eigenvalue weighted by Crippen LogP contribution is 2.51. The Kier molecular flexibility index (Phi) is 6.62. The van der Waals surface area contributed by atoms with Gasteiger partial charge in [0.05, 0.1) is 23.8 Å². The number of hydrogen-bond donors (Lipinski definition) is 3. The third-order valence-corrected chi connectivity index (χ3v) is 9.29. The number of phenols is 1. The second-order valence-corrected chi connectivity index (χ2v) is 12.6. The van der Waals surface area contributed by atoms with E-state index in [1.165, 1.54) is 26.0 Å². The minimum Gasteiger partial charge on any atom is -0.507 e. The first-order valence-corrected chi connectivity index (χ1v) is 13.6. The Hall–Kier alpha value is -3.07. The summed E-state index contributed by atoms with van der Waals surface area (Å²) in [5.41, 5.74) is 1.47. The number of phenolic OH excluding ortho intramolecular Hbond substituents is 1. The molecule has 0 radical (unpaired) electrons. The van der Waals surface area contributed by atoms with Crippen molar-refractivity contribution in [3.63, 3.8) is 0 Å². The molecule has 38 heavy (non-hydrogen) atoms. The standard InChI is InChI=1S/C24H28FN3O9S/c1-27(2)18-12-6-9-5-11-15(13(29)7-10(17(11)25)8-28(3)38(4,36)37)19(30)14(9)21(32)24(12,35)22(33)16(20(18)31)23(26)34/h7,9,12,14,16,18,29,35H,5-6,8H2,1-4H3,(H2,26,34)/t9-,12-,14?,16?,18-,24-/m0/s1. The number of amides is 1.